The van der Waals surface area contributed by atoms with E-state index in [2.05, 4.69) is 9.72 Å². The molecule has 0 aliphatic heterocycles. The van der Waals surface area contributed by atoms with Crippen molar-refractivity contribution in [2.75, 3.05) is 7.11 Å². The molecule has 6 heteroatoms. The van der Waals surface area contributed by atoms with Gasteiger partial charge < -0.3 is 10.5 Å². The Balaban J connectivity index is 0.00000169. The smallest absolute Gasteiger partial charge is 0.327 e. The highest BCUT2D eigenvalue weighted by Gasteiger charge is 2.15. The molecule has 14 heavy (non-hydrogen) atoms. The fraction of sp³-hybridized carbons (Fsp3) is 0.250. The van der Waals surface area contributed by atoms with E-state index in [0.29, 0.717) is 10.7 Å². The normalized spacial score (nSPS) is 11.4. The minimum absolute atomic E-state index is 0. The summed E-state index contributed by atoms with van der Waals surface area (Å²) < 4.78 is 4.47. The van der Waals surface area contributed by atoms with Gasteiger partial charge in [-0.05, 0) is 11.6 Å². The van der Waals surface area contributed by atoms with E-state index >= 15 is 0 Å². The molecule has 0 amide bonds. The number of carbonyl (C=O) groups excluding carboxylic acids is 1. The number of esters is 1. The van der Waals surface area contributed by atoms with Crippen LogP contribution in [-0.4, -0.2) is 18.1 Å². The second-order valence-electron chi connectivity index (χ2n) is 2.42. The molecule has 1 heterocycles. The molecule has 4 nitrogen and oxygen atoms in total. The largest absolute Gasteiger partial charge is 0.468 e. The Bertz CT molecular complexity index is 303. The van der Waals surface area contributed by atoms with Crippen LogP contribution in [0.2, 0.25) is 5.15 Å². The summed E-state index contributed by atoms with van der Waals surface area (Å²) in [5.41, 5.74) is 6.12. The van der Waals surface area contributed by atoms with Crippen molar-refractivity contribution in [3.8, 4) is 0 Å². The van der Waals surface area contributed by atoms with Crippen LogP contribution in [0.5, 0.6) is 0 Å². The van der Waals surface area contributed by atoms with Crippen LogP contribution >= 0.6 is 24.0 Å². The first-order chi connectivity index (χ1) is 6.15. The van der Waals surface area contributed by atoms with Crippen LogP contribution in [0.3, 0.4) is 0 Å². The lowest BCUT2D eigenvalue weighted by Gasteiger charge is -2.08. The van der Waals surface area contributed by atoms with Crippen molar-refractivity contribution in [1.82, 2.24) is 4.98 Å². The van der Waals surface area contributed by atoms with Crippen LogP contribution in [0.15, 0.2) is 18.3 Å². The third-order valence-corrected chi connectivity index (χ3v) is 1.79. The molecule has 0 bridgehead atoms. The predicted octanol–water partition coefficient (Wildman–Crippen LogP) is 1.33. The Morgan fingerprint density at radius 2 is 2.29 bits per heavy atom. The summed E-state index contributed by atoms with van der Waals surface area (Å²) in [5, 5.41) is 0.362. The molecule has 78 valence electrons. The van der Waals surface area contributed by atoms with E-state index in [0.717, 1.165) is 0 Å². The molecular formula is C8H10Cl2N2O2. The average molecular weight is 237 g/mol. The Morgan fingerprint density at radius 3 is 2.71 bits per heavy atom. The zero-order valence-electron chi connectivity index (χ0n) is 7.44. The maximum Gasteiger partial charge on any atom is 0.327 e. The number of carbonyl (C=O) groups is 1. The zero-order valence-corrected chi connectivity index (χ0v) is 9.01. The summed E-state index contributed by atoms with van der Waals surface area (Å²) >= 11 is 5.56. The van der Waals surface area contributed by atoms with Crippen LogP contribution in [0.4, 0.5) is 0 Å². The lowest BCUT2D eigenvalue weighted by molar-refractivity contribution is -0.142. The highest BCUT2D eigenvalue weighted by atomic mass is 35.5. The molecule has 0 fully saturated rings. The molecular weight excluding hydrogens is 227 g/mol. The van der Waals surface area contributed by atoms with E-state index in [4.69, 9.17) is 17.3 Å². The SMILES string of the molecule is COC(=O)[C@@H](N)c1ccc(Cl)nc1.Cl. The fourth-order valence-corrected chi connectivity index (χ4v) is 0.946. The number of methoxy groups -OCH3 is 1. The zero-order chi connectivity index (χ0) is 9.84. The summed E-state index contributed by atoms with van der Waals surface area (Å²) in [7, 11) is 1.28. The van der Waals surface area contributed by atoms with Crippen LogP contribution < -0.4 is 5.73 Å². The second-order valence-corrected chi connectivity index (χ2v) is 2.80. The monoisotopic (exact) mass is 236 g/mol. The fourth-order valence-electron chi connectivity index (χ4n) is 0.834. The van der Waals surface area contributed by atoms with Crippen molar-refractivity contribution < 1.29 is 9.53 Å². The van der Waals surface area contributed by atoms with E-state index in [1.54, 1.807) is 12.1 Å². The number of rotatable bonds is 2. The summed E-state index contributed by atoms with van der Waals surface area (Å²) in [5.74, 6) is -0.496. The van der Waals surface area contributed by atoms with Crippen molar-refractivity contribution in [2.45, 2.75) is 6.04 Å². The third-order valence-electron chi connectivity index (χ3n) is 1.56. The van der Waals surface area contributed by atoms with Gasteiger partial charge in [-0.15, -0.1) is 12.4 Å². The highest BCUT2D eigenvalue weighted by Crippen LogP contribution is 2.12. The first kappa shape index (κ1) is 13.2. The quantitative estimate of drug-likeness (QED) is 0.622. The molecule has 0 unspecified atom stereocenters. The Morgan fingerprint density at radius 1 is 1.64 bits per heavy atom. The van der Waals surface area contributed by atoms with Crippen LogP contribution in [0.1, 0.15) is 11.6 Å². The number of aromatic nitrogens is 1. The van der Waals surface area contributed by atoms with Gasteiger partial charge in [-0.3, -0.25) is 4.79 Å². The van der Waals surface area contributed by atoms with Gasteiger partial charge in [-0.2, -0.15) is 0 Å². The lowest BCUT2D eigenvalue weighted by Crippen LogP contribution is -2.22. The maximum atomic E-state index is 11.0. The van der Waals surface area contributed by atoms with Gasteiger partial charge in [0.15, 0.2) is 0 Å². The average Bonchev–Trinajstić information content (AvgIpc) is 2.17. The number of nitrogens with zero attached hydrogens (tertiary/aromatic N) is 1. The van der Waals surface area contributed by atoms with E-state index in [9.17, 15) is 4.79 Å². The molecule has 0 spiro atoms. The number of pyridine rings is 1. The molecule has 2 N–H and O–H groups in total. The van der Waals surface area contributed by atoms with Crippen molar-refractivity contribution in [2.24, 2.45) is 5.73 Å². The lowest BCUT2D eigenvalue weighted by atomic mass is 10.1. The van der Waals surface area contributed by atoms with Crippen LogP contribution in [-0.2, 0) is 9.53 Å². The van der Waals surface area contributed by atoms with E-state index in [1.807, 2.05) is 0 Å². The molecule has 0 aliphatic carbocycles. The molecule has 1 rings (SSSR count). The summed E-state index contributed by atoms with van der Waals surface area (Å²) in [4.78, 5) is 14.8. The summed E-state index contributed by atoms with van der Waals surface area (Å²) in [6.45, 7) is 0. The molecule has 0 saturated heterocycles. The number of ether oxygens (including phenoxy) is 1. The number of hydrogen-bond donors (Lipinski definition) is 1. The molecule has 0 radical (unpaired) electrons. The Kier molecular flexibility index (Phi) is 5.45. The standard InChI is InChI=1S/C8H9ClN2O2.ClH/c1-13-8(12)7(10)5-2-3-6(9)11-4-5;/h2-4,7H,10H2,1H3;1H/t7-;/m0./s1. The molecule has 1 aromatic rings. The number of nitrogens with two attached hydrogens (primary N) is 1. The Hall–Kier alpha value is -0.840. The number of hydrogen-bond acceptors (Lipinski definition) is 4. The summed E-state index contributed by atoms with van der Waals surface area (Å²) in [6, 6.07) is 2.41. The van der Waals surface area contributed by atoms with Crippen molar-refractivity contribution in [1.29, 1.82) is 0 Å². The van der Waals surface area contributed by atoms with Gasteiger partial charge in [-0.1, -0.05) is 17.7 Å². The van der Waals surface area contributed by atoms with E-state index in [-0.39, 0.29) is 12.4 Å². The maximum absolute atomic E-state index is 11.0. The van der Waals surface area contributed by atoms with Crippen molar-refractivity contribution in [3.05, 3.63) is 29.0 Å². The van der Waals surface area contributed by atoms with Gasteiger partial charge in [0.25, 0.3) is 0 Å². The van der Waals surface area contributed by atoms with Crippen LogP contribution in [0.25, 0.3) is 0 Å². The van der Waals surface area contributed by atoms with Gasteiger partial charge in [0, 0.05) is 6.20 Å². The number of halogens is 2. The van der Waals surface area contributed by atoms with Crippen LogP contribution in [0, 0.1) is 0 Å². The minimum Gasteiger partial charge on any atom is -0.468 e. The second kappa shape index (κ2) is 5.80. The van der Waals surface area contributed by atoms with E-state index < -0.39 is 12.0 Å². The van der Waals surface area contributed by atoms with E-state index in [1.165, 1.54) is 13.3 Å². The molecule has 1 aromatic heterocycles. The summed E-state index contributed by atoms with van der Waals surface area (Å²) in [6.07, 6.45) is 1.45. The van der Waals surface area contributed by atoms with Gasteiger partial charge >= 0.3 is 5.97 Å². The molecule has 0 aromatic carbocycles. The predicted molar refractivity (Wildman–Crippen MR) is 55.4 cm³/mol. The van der Waals surface area contributed by atoms with Gasteiger partial charge in [0.1, 0.15) is 11.2 Å². The van der Waals surface area contributed by atoms with Gasteiger partial charge in [-0.25, -0.2) is 4.98 Å². The topological polar surface area (TPSA) is 65.2 Å². The van der Waals surface area contributed by atoms with Crippen molar-refractivity contribution >= 4 is 30.0 Å². The first-order valence-corrected chi connectivity index (χ1v) is 3.98. The third kappa shape index (κ3) is 3.14. The van der Waals surface area contributed by atoms with Gasteiger partial charge in [0.05, 0.1) is 7.11 Å². The Labute approximate surface area is 92.8 Å². The van der Waals surface area contributed by atoms with Crippen molar-refractivity contribution in [3.63, 3.8) is 0 Å². The molecule has 0 aliphatic rings. The van der Waals surface area contributed by atoms with Gasteiger partial charge in [0.2, 0.25) is 0 Å². The molecule has 0 saturated carbocycles. The minimum atomic E-state index is -0.797. The molecule has 1 atom stereocenters. The highest BCUT2D eigenvalue weighted by molar-refractivity contribution is 6.29. The first-order valence-electron chi connectivity index (χ1n) is 3.60.